The van der Waals surface area contributed by atoms with Gasteiger partial charge in [-0.05, 0) is 65.7 Å². The van der Waals surface area contributed by atoms with Gasteiger partial charge in [-0.1, -0.05) is 75.8 Å². The fraction of sp³-hybridized carbons (Fsp3) is 0. The van der Waals surface area contributed by atoms with Crippen LogP contribution < -0.4 is 49.2 Å². The number of rotatable bonds is 3. The maximum absolute atomic E-state index is 6.61. The lowest BCUT2D eigenvalue weighted by Gasteiger charge is -2.20. The molecule has 0 atom stereocenters. The van der Waals surface area contributed by atoms with Crippen molar-refractivity contribution in [3.8, 4) is 22.5 Å². The fourth-order valence-corrected chi connectivity index (χ4v) is 9.61. The molecule has 10 aromatic rings. The third kappa shape index (κ3) is 4.37. The lowest BCUT2D eigenvalue weighted by Crippen LogP contribution is -2.55. The largest absolute Gasteiger partial charge is 0.456 e. The van der Waals surface area contributed by atoms with Crippen molar-refractivity contribution in [1.29, 1.82) is 0 Å². The molecule has 0 spiro atoms. The maximum atomic E-state index is 6.61. The highest BCUT2D eigenvalue weighted by molar-refractivity contribution is 6.69. The van der Waals surface area contributed by atoms with Crippen molar-refractivity contribution >= 4 is 185 Å². The zero-order chi connectivity index (χ0) is 37.3. The van der Waals surface area contributed by atoms with E-state index in [1.165, 1.54) is 110 Å². The van der Waals surface area contributed by atoms with E-state index in [9.17, 15) is 0 Å². The van der Waals surface area contributed by atoms with Crippen LogP contribution in [-0.4, -0.2) is 79.8 Å². The molecule has 54 heavy (non-hydrogen) atoms. The van der Waals surface area contributed by atoms with Crippen LogP contribution in [0.3, 0.4) is 0 Å². The number of hydrogen-bond acceptors (Lipinski definition) is 1. The standard InChI is InChI=1S/C42H35B9N2O/c43-33-30(34(44)37(47)39(49)36(33)46)18-12-15-28-23(16-18)31-27(10-5-11-29(31)54-28)53-24-8-3-1-6-20(24)22-17-19(13-14-26(22)53)52-25-9-4-2-7-21(25)32-35(45)38(48)40(50)41(51)42(32)52/h1-17H,43-51H2. The van der Waals surface area contributed by atoms with Gasteiger partial charge in [0, 0.05) is 38.1 Å². The first-order valence-electron chi connectivity index (χ1n) is 19.1. The van der Waals surface area contributed by atoms with Gasteiger partial charge in [-0.3, -0.25) is 0 Å². The van der Waals surface area contributed by atoms with Gasteiger partial charge < -0.3 is 13.6 Å². The highest BCUT2D eigenvalue weighted by atomic mass is 16.3. The molecule has 0 radical (unpaired) electrons. The molecular formula is C42H35B9N2O. The van der Waals surface area contributed by atoms with E-state index >= 15 is 0 Å². The average Bonchev–Trinajstić information content (AvgIpc) is 3.85. The molecular weight excluding hydrogens is 646 g/mol. The van der Waals surface area contributed by atoms with E-state index in [0.29, 0.717) is 0 Å². The lowest BCUT2D eigenvalue weighted by atomic mass is 9.59. The topological polar surface area (TPSA) is 23.0 Å². The third-order valence-electron chi connectivity index (χ3n) is 13.2. The number of furan rings is 1. The molecule has 246 valence electrons. The predicted molar refractivity (Wildman–Crippen MR) is 261 cm³/mol. The Morgan fingerprint density at radius 2 is 1.00 bits per heavy atom. The van der Waals surface area contributed by atoms with Crippen LogP contribution in [0.4, 0.5) is 0 Å². The van der Waals surface area contributed by atoms with E-state index in [1.54, 1.807) is 0 Å². The van der Waals surface area contributed by atoms with Gasteiger partial charge in [0.05, 0.1) is 27.6 Å². The SMILES string of the molecule is Bc1c(B)c(B)c(-c2ccc3oc4cccc(-n5c6ccccc6c6cc(-n7c8ccccc8c8c(B)c(B)c(B)c(B)c87)ccc65)c4c3c2)c(B)c1B. The van der Waals surface area contributed by atoms with Crippen molar-refractivity contribution in [2.45, 2.75) is 0 Å². The van der Waals surface area contributed by atoms with Crippen LogP contribution in [0.25, 0.3) is 88.1 Å². The van der Waals surface area contributed by atoms with Crippen LogP contribution in [-0.2, 0) is 0 Å². The predicted octanol–water partition coefficient (Wildman–Crippen LogP) is -4.23. The summed E-state index contributed by atoms with van der Waals surface area (Å²) in [4.78, 5) is 0. The number of para-hydroxylation sites is 2. The summed E-state index contributed by atoms with van der Waals surface area (Å²) in [6.07, 6.45) is 0. The normalized spacial score (nSPS) is 12.0. The van der Waals surface area contributed by atoms with E-state index in [0.717, 1.165) is 27.6 Å². The van der Waals surface area contributed by atoms with Gasteiger partial charge in [0.25, 0.3) is 0 Å². The number of nitrogens with zero attached hydrogens (tertiary/aromatic N) is 2. The van der Waals surface area contributed by atoms with Crippen molar-refractivity contribution in [3.05, 3.63) is 103 Å². The molecule has 0 aliphatic heterocycles. The van der Waals surface area contributed by atoms with Crippen molar-refractivity contribution in [2.75, 3.05) is 0 Å². The van der Waals surface area contributed by atoms with E-state index < -0.39 is 0 Å². The highest BCUT2D eigenvalue weighted by Gasteiger charge is 2.22. The molecule has 0 saturated heterocycles. The molecule has 0 aliphatic carbocycles. The Bertz CT molecular complexity index is 3260. The second-order valence-corrected chi connectivity index (χ2v) is 15.6. The Kier molecular flexibility index (Phi) is 7.21. The van der Waals surface area contributed by atoms with E-state index in [4.69, 9.17) is 4.42 Å². The van der Waals surface area contributed by atoms with E-state index in [1.807, 2.05) is 0 Å². The van der Waals surface area contributed by atoms with Gasteiger partial charge in [-0.15, -0.1) is 21.9 Å². The Hall–Kier alpha value is -5.48. The van der Waals surface area contributed by atoms with Crippen LogP contribution in [0.5, 0.6) is 0 Å². The summed E-state index contributed by atoms with van der Waals surface area (Å²) in [5.41, 5.74) is 23.8. The van der Waals surface area contributed by atoms with E-state index in [-0.39, 0.29) is 0 Å². The summed E-state index contributed by atoms with van der Waals surface area (Å²) in [6, 6.07) is 38.0. The van der Waals surface area contributed by atoms with Gasteiger partial charge >= 0.3 is 0 Å². The molecule has 3 heterocycles. The number of fused-ring (bicyclic) bond motifs is 9. The van der Waals surface area contributed by atoms with Crippen molar-refractivity contribution in [3.63, 3.8) is 0 Å². The summed E-state index contributed by atoms with van der Waals surface area (Å²) < 4.78 is 11.5. The van der Waals surface area contributed by atoms with Gasteiger partial charge in [-0.2, -0.15) is 0 Å². The van der Waals surface area contributed by atoms with Gasteiger partial charge in [-0.25, -0.2) is 0 Å². The van der Waals surface area contributed by atoms with Gasteiger partial charge in [0.1, 0.15) is 81.8 Å². The minimum atomic E-state index is 0.897. The molecule has 0 saturated carbocycles. The molecule has 3 aromatic heterocycles. The van der Waals surface area contributed by atoms with Gasteiger partial charge in [0.2, 0.25) is 0 Å². The monoisotopic (exact) mass is 682 g/mol. The van der Waals surface area contributed by atoms with Crippen LogP contribution in [0.2, 0.25) is 0 Å². The number of aromatic nitrogens is 2. The second-order valence-electron chi connectivity index (χ2n) is 15.6. The summed E-state index contributed by atoms with van der Waals surface area (Å²) in [7, 11) is 20.4. The van der Waals surface area contributed by atoms with Crippen LogP contribution >= 0.6 is 0 Å². The molecule has 0 unspecified atom stereocenters. The fourth-order valence-electron chi connectivity index (χ4n) is 9.61. The van der Waals surface area contributed by atoms with E-state index in [2.05, 4.69) is 183 Å². The Balaban J connectivity index is 1.26. The van der Waals surface area contributed by atoms with Crippen molar-refractivity contribution in [1.82, 2.24) is 9.13 Å². The Morgan fingerprint density at radius 3 is 1.74 bits per heavy atom. The summed E-state index contributed by atoms with van der Waals surface area (Å²) in [5, 5.41) is 7.39. The molecule has 0 amide bonds. The Labute approximate surface area is 323 Å². The minimum absolute atomic E-state index is 0.897. The minimum Gasteiger partial charge on any atom is -0.456 e. The molecule has 7 aromatic carbocycles. The number of hydrogen-bond donors (Lipinski definition) is 0. The maximum Gasteiger partial charge on any atom is 0.141 e. The van der Waals surface area contributed by atoms with Crippen molar-refractivity contribution in [2.24, 2.45) is 0 Å². The first kappa shape index (κ1) is 33.1. The summed E-state index contributed by atoms with van der Waals surface area (Å²) >= 11 is 0. The van der Waals surface area contributed by atoms with Crippen LogP contribution in [0.1, 0.15) is 0 Å². The zero-order valence-corrected chi connectivity index (χ0v) is 32.6. The number of benzene rings is 7. The van der Waals surface area contributed by atoms with Gasteiger partial charge in [0.15, 0.2) is 0 Å². The first-order chi connectivity index (χ1) is 26.1. The molecule has 0 N–H and O–H groups in total. The molecule has 3 nitrogen and oxygen atoms in total. The third-order valence-corrected chi connectivity index (χ3v) is 13.2. The van der Waals surface area contributed by atoms with Crippen molar-refractivity contribution < 1.29 is 4.42 Å². The average molecular weight is 681 g/mol. The zero-order valence-electron chi connectivity index (χ0n) is 32.6. The molecule has 0 fully saturated rings. The summed E-state index contributed by atoms with van der Waals surface area (Å²) in [5.74, 6) is 0. The molecule has 0 bridgehead atoms. The van der Waals surface area contributed by atoms with Crippen LogP contribution in [0.15, 0.2) is 108 Å². The molecule has 10 rings (SSSR count). The second kappa shape index (κ2) is 11.8. The Morgan fingerprint density at radius 1 is 0.389 bits per heavy atom. The summed E-state index contributed by atoms with van der Waals surface area (Å²) in [6.45, 7) is 0. The molecule has 0 aliphatic rings. The first-order valence-corrected chi connectivity index (χ1v) is 19.1. The quantitative estimate of drug-likeness (QED) is 0.174. The molecule has 12 heteroatoms. The smallest absolute Gasteiger partial charge is 0.141 e. The lowest BCUT2D eigenvalue weighted by molar-refractivity contribution is 0.669. The highest BCUT2D eigenvalue weighted by Crippen LogP contribution is 2.40. The van der Waals surface area contributed by atoms with Crippen LogP contribution in [0, 0.1) is 0 Å².